The fourth-order valence-electron chi connectivity index (χ4n) is 1.89. The molecule has 0 saturated heterocycles. The van der Waals surface area contributed by atoms with Gasteiger partial charge in [0.05, 0.1) is 4.90 Å². The van der Waals surface area contributed by atoms with E-state index in [0.29, 0.717) is 10.2 Å². The minimum Gasteiger partial charge on any atom is -0.331 e. The van der Waals surface area contributed by atoms with Crippen LogP contribution in [0.25, 0.3) is 0 Å². The van der Waals surface area contributed by atoms with Crippen molar-refractivity contribution in [3.05, 3.63) is 61.5 Å². The lowest BCUT2D eigenvalue weighted by Gasteiger charge is -2.03. The number of halogens is 3. The van der Waals surface area contributed by atoms with E-state index in [1.807, 2.05) is 24.3 Å². The van der Waals surface area contributed by atoms with Crippen LogP contribution in [0.1, 0.15) is 0 Å². The van der Waals surface area contributed by atoms with Gasteiger partial charge in [-0.1, -0.05) is 34.5 Å². The number of hydrogen-bond donors (Lipinski definition) is 1. The minimum absolute atomic E-state index is 0.0971. The number of nitrogens with zero attached hydrogens (tertiary/aromatic N) is 1. The average Bonchev–Trinajstić information content (AvgIpc) is 2.91. The van der Waals surface area contributed by atoms with Gasteiger partial charge in [-0.2, -0.15) is 0 Å². The van der Waals surface area contributed by atoms with E-state index >= 15 is 0 Å². The highest BCUT2D eigenvalue weighted by molar-refractivity contribution is 14.1. The number of hydrogen-bond acceptors (Lipinski definition) is 5. The predicted molar refractivity (Wildman–Crippen MR) is 106 cm³/mol. The second-order valence-electron chi connectivity index (χ2n) is 4.69. The lowest BCUT2D eigenvalue weighted by molar-refractivity contribution is 0.593. The summed E-state index contributed by atoms with van der Waals surface area (Å²) in [6, 6.07) is 13.5. The summed E-state index contributed by atoms with van der Waals surface area (Å²) in [5.74, 6) is 0. The molecule has 0 unspecified atom stereocenters. The van der Waals surface area contributed by atoms with E-state index in [-0.39, 0.29) is 14.3 Å². The van der Waals surface area contributed by atoms with Gasteiger partial charge < -0.3 is 5.32 Å². The Morgan fingerprint density at radius 1 is 1.00 bits per heavy atom. The Bertz CT molecular complexity index is 972. The average molecular weight is 511 g/mol. The molecule has 24 heavy (non-hydrogen) atoms. The van der Waals surface area contributed by atoms with Gasteiger partial charge in [-0.15, -0.1) is 0 Å². The molecular formula is C15H9Cl2IN2O2S2. The molecule has 0 atom stereocenters. The molecule has 3 rings (SSSR count). The Hall–Kier alpha value is -0.870. The maximum atomic E-state index is 12.7. The highest BCUT2D eigenvalue weighted by Gasteiger charge is 2.25. The number of aromatic nitrogens is 1. The first kappa shape index (κ1) is 17.9. The molecule has 0 bridgehead atoms. The van der Waals surface area contributed by atoms with Crippen molar-refractivity contribution in [3.8, 4) is 0 Å². The third-order valence-corrected chi connectivity index (χ3v) is 7.11. The summed E-state index contributed by atoms with van der Waals surface area (Å²) in [5, 5.41) is 3.77. The van der Waals surface area contributed by atoms with E-state index in [4.69, 9.17) is 23.2 Å². The second kappa shape index (κ2) is 7.17. The van der Waals surface area contributed by atoms with Gasteiger partial charge in [0.25, 0.3) is 0 Å². The van der Waals surface area contributed by atoms with Crippen LogP contribution in [0.4, 0.5) is 10.8 Å². The number of sulfone groups is 1. The predicted octanol–water partition coefficient (Wildman–Crippen LogP) is 5.63. The lowest BCUT2D eigenvalue weighted by Crippen LogP contribution is -2.03. The first-order valence-corrected chi connectivity index (χ1v) is 10.7. The molecule has 2 aromatic carbocycles. The smallest absolute Gasteiger partial charge is 0.226 e. The Morgan fingerprint density at radius 2 is 1.62 bits per heavy atom. The van der Waals surface area contributed by atoms with Crippen molar-refractivity contribution in [3.63, 3.8) is 0 Å². The van der Waals surface area contributed by atoms with Gasteiger partial charge in [0.15, 0.2) is 10.2 Å². The fraction of sp³-hybridized carbons (Fsp3) is 0. The summed E-state index contributed by atoms with van der Waals surface area (Å²) in [4.78, 5) is 4.25. The van der Waals surface area contributed by atoms with Crippen molar-refractivity contribution in [1.82, 2.24) is 4.98 Å². The van der Waals surface area contributed by atoms with Crippen molar-refractivity contribution in [2.75, 3.05) is 5.32 Å². The van der Waals surface area contributed by atoms with Crippen molar-refractivity contribution in [1.29, 1.82) is 0 Å². The van der Waals surface area contributed by atoms with Gasteiger partial charge in [0, 0.05) is 14.3 Å². The molecule has 3 aromatic rings. The third kappa shape index (κ3) is 3.85. The molecule has 1 N–H and O–H groups in total. The largest absolute Gasteiger partial charge is 0.331 e. The maximum Gasteiger partial charge on any atom is 0.226 e. The Kier molecular flexibility index (Phi) is 5.36. The Labute approximate surface area is 166 Å². The van der Waals surface area contributed by atoms with Gasteiger partial charge in [-0.25, -0.2) is 13.4 Å². The van der Waals surface area contributed by atoms with Crippen molar-refractivity contribution in [2.24, 2.45) is 0 Å². The maximum absolute atomic E-state index is 12.7. The molecule has 0 aliphatic heterocycles. The van der Waals surface area contributed by atoms with Crippen molar-refractivity contribution >= 4 is 77.8 Å². The first-order valence-electron chi connectivity index (χ1n) is 6.56. The number of anilines is 2. The van der Waals surface area contributed by atoms with Crippen LogP contribution in [0.3, 0.4) is 0 Å². The molecule has 4 nitrogen and oxygen atoms in total. The van der Waals surface area contributed by atoms with Crippen LogP contribution in [-0.2, 0) is 9.84 Å². The highest BCUT2D eigenvalue weighted by Crippen LogP contribution is 2.35. The summed E-state index contributed by atoms with van der Waals surface area (Å²) in [6.07, 6.45) is 0. The molecule has 1 aromatic heterocycles. The number of nitrogens with one attached hydrogen (secondary N) is 1. The molecule has 0 aliphatic carbocycles. The third-order valence-electron chi connectivity index (χ3n) is 3.03. The van der Waals surface area contributed by atoms with Crippen LogP contribution < -0.4 is 5.32 Å². The quantitative estimate of drug-likeness (QED) is 0.462. The van der Waals surface area contributed by atoms with Gasteiger partial charge in [0.2, 0.25) is 9.84 Å². The normalized spacial score (nSPS) is 11.5. The summed E-state index contributed by atoms with van der Waals surface area (Å²) >= 11 is 15.2. The van der Waals surface area contributed by atoms with Crippen LogP contribution in [-0.4, -0.2) is 13.4 Å². The lowest BCUT2D eigenvalue weighted by atomic mass is 10.3. The monoisotopic (exact) mass is 510 g/mol. The molecular weight excluding hydrogens is 502 g/mol. The summed E-state index contributed by atoms with van der Waals surface area (Å²) in [6.45, 7) is 0. The Balaban J connectivity index is 1.93. The molecule has 124 valence electrons. The molecule has 9 heteroatoms. The molecule has 1 heterocycles. The molecule has 0 fully saturated rings. The second-order valence-corrected chi connectivity index (χ2v) is 9.84. The van der Waals surface area contributed by atoms with E-state index in [1.54, 1.807) is 0 Å². The van der Waals surface area contributed by atoms with E-state index < -0.39 is 9.84 Å². The Morgan fingerprint density at radius 3 is 2.25 bits per heavy atom. The van der Waals surface area contributed by atoms with E-state index in [9.17, 15) is 8.42 Å². The summed E-state index contributed by atoms with van der Waals surface area (Å²) in [7, 11) is -3.80. The van der Waals surface area contributed by atoms with Gasteiger partial charge >= 0.3 is 0 Å². The molecule has 0 aliphatic rings. The standard InChI is InChI=1S/C15H9Cl2IN2O2S2/c16-9-1-7-12(8-2-9)24(21,22)14-13(17)23-15(20-14)19-11-5-3-10(18)4-6-11/h1-8H,(H,19,20). The van der Waals surface area contributed by atoms with E-state index in [0.717, 1.165) is 20.6 Å². The zero-order valence-electron chi connectivity index (χ0n) is 11.8. The zero-order chi connectivity index (χ0) is 17.3. The summed E-state index contributed by atoms with van der Waals surface area (Å²) in [5.41, 5.74) is 0.802. The van der Waals surface area contributed by atoms with Gasteiger partial charge in [-0.3, -0.25) is 0 Å². The molecule has 0 saturated carbocycles. The molecule has 0 amide bonds. The zero-order valence-corrected chi connectivity index (χ0v) is 17.1. The minimum atomic E-state index is -3.80. The number of benzene rings is 2. The summed E-state index contributed by atoms with van der Waals surface area (Å²) < 4.78 is 26.5. The highest BCUT2D eigenvalue weighted by atomic mass is 127. The van der Waals surface area contributed by atoms with Crippen molar-refractivity contribution in [2.45, 2.75) is 9.92 Å². The topological polar surface area (TPSA) is 59.1 Å². The SMILES string of the molecule is O=S(=O)(c1ccc(Cl)cc1)c1nc(Nc2ccc(I)cc2)sc1Cl. The molecule has 0 spiro atoms. The van der Waals surface area contributed by atoms with E-state index in [2.05, 4.69) is 32.9 Å². The van der Waals surface area contributed by atoms with Crippen LogP contribution >= 0.6 is 57.1 Å². The molecule has 0 radical (unpaired) electrons. The van der Waals surface area contributed by atoms with Crippen LogP contribution in [0, 0.1) is 3.57 Å². The van der Waals surface area contributed by atoms with Crippen LogP contribution in [0.15, 0.2) is 58.5 Å². The van der Waals surface area contributed by atoms with Gasteiger partial charge in [-0.05, 0) is 71.1 Å². The van der Waals surface area contributed by atoms with E-state index in [1.165, 1.54) is 24.3 Å². The first-order chi connectivity index (χ1) is 11.4. The number of rotatable bonds is 4. The van der Waals surface area contributed by atoms with Crippen LogP contribution in [0.5, 0.6) is 0 Å². The van der Waals surface area contributed by atoms with Gasteiger partial charge in [0.1, 0.15) is 4.34 Å². The van der Waals surface area contributed by atoms with Crippen LogP contribution in [0.2, 0.25) is 9.36 Å². The van der Waals surface area contributed by atoms with Crippen molar-refractivity contribution < 1.29 is 8.42 Å². The number of thiazole rings is 1. The fourth-order valence-corrected chi connectivity index (χ4v) is 5.20.